The quantitative estimate of drug-likeness (QED) is 0.507. The minimum Gasteiger partial charge on any atom is -0.478 e. The molecule has 68 valence electrons. The summed E-state index contributed by atoms with van der Waals surface area (Å²) in [6, 6.07) is 0. The minimum atomic E-state index is -0.914. The van der Waals surface area contributed by atoms with Gasteiger partial charge in [0.05, 0.1) is 0 Å². The predicted molar refractivity (Wildman–Crippen MR) is 47.9 cm³/mol. The van der Waals surface area contributed by atoms with Crippen LogP contribution in [0.15, 0.2) is 24.3 Å². The molecule has 0 aliphatic heterocycles. The van der Waals surface area contributed by atoms with E-state index in [9.17, 15) is 9.59 Å². The van der Waals surface area contributed by atoms with Crippen LogP contribution in [0.4, 0.5) is 0 Å². The smallest absolute Gasteiger partial charge is 0.328 e. The van der Waals surface area contributed by atoms with Gasteiger partial charge in [0, 0.05) is 6.08 Å². The van der Waals surface area contributed by atoms with Gasteiger partial charge in [-0.05, 0) is 20.8 Å². The van der Waals surface area contributed by atoms with Crippen LogP contribution >= 0.6 is 0 Å². The summed E-state index contributed by atoms with van der Waals surface area (Å²) in [6.45, 7) is 4.88. The topological polar surface area (TPSA) is 54.4 Å². The van der Waals surface area contributed by atoms with Gasteiger partial charge in [0.15, 0.2) is 0 Å². The molecule has 3 heteroatoms. The highest BCUT2D eigenvalue weighted by molar-refractivity contribution is 5.80. The van der Waals surface area contributed by atoms with Crippen molar-refractivity contribution in [2.24, 2.45) is 0 Å². The Morgan fingerprint density at radius 1 is 1.17 bits per heavy atom. The van der Waals surface area contributed by atoms with Gasteiger partial charge in [0.2, 0.25) is 0 Å². The number of allylic oxidation sites excluding steroid dienone is 3. The first kappa shape index (κ1) is 13.2. The molecular weight excluding hydrogens is 156 g/mol. The number of carbonyl (C=O) groups excluding carboxylic acids is 1. The van der Waals surface area contributed by atoms with Crippen molar-refractivity contribution in [3.8, 4) is 0 Å². The molecule has 3 nitrogen and oxygen atoms in total. The molecule has 0 aliphatic rings. The fourth-order valence-corrected chi connectivity index (χ4v) is 0.249. The molecule has 0 amide bonds. The molecule has 0 aromatic rings. The van der Waals surface area contributed by atoms with Crippen LogP contribution in [0.3, 0.4) is 0 Å². The second kappa shape index (κ2) is 9.62. The third kappa shape index (κ3) is 38.2. The molecule has 0 unspecified atom stereocenters. The Bertz CT molecular complexity index is 186. The number of Topliss-reactive ketones (excluding diaryl/α,β-unsaturated/α-hetero) is 1. The molecule has 0 atom stereocenters. The molecule has 0 heterocycles. The van der Waals surface area contributed by atoms with Gasteiger partial charge in [0.25, 0.3) is 0 Å². The first-order valence-electron chi connectivity index (χ1n) is 3.50. The molecule has 0 bridgehead atoms. The van der Waals surface area contributed by atoms with Gasteiger partial charge in [0.1, 0.15) is 5.78 Å². The molecule has 0 aromatic heterocycles. The zero-order valence-electron chi connectivity index (χ0n) is 7.57. The van der Waals surface area contributed by atoms with Crippen LogP contribution in [-0.2, 0) is 9.59 Å². The number of hydrogen-bond acceptors (Lipinski definition) is 2. The highest BCUT2D eigenvalue weighted by Gasteiger charge is 1.78. The van der Waals surface area contributed by atoms with E-state index in [1.165, 1.54) is 19.9 Å². The lowest BCUT2D eigenvalue weighted by Crippen LogP contribution is -1.83. The highest BCUT2D eigenvalue weighted by atomic mass is 16.4. The molecule has 0 spiro atoms. The van der Waals surface area contributed by atoms with E-state index in [2.05, 4.69) is 0 Å². The van der Waals surface area contributed by atoms with Gasteiger partial charge in [-0.2, -0.15) is 0 Å². The number of aliphatic carboxylic acids is 1. The zero-order valence-corrected chi connectivity index (χ0v) is 7.57. The minimum absolute atomic E-state index is 0.167. The Morgan fingerprint density at radius 3 is 1.83 bits per heavy atom. The predicted octanol–water partition coefficient (Wildman–Crippen LogP) is 1.80. The third-order valence-corrected chi connectivity index (χ3v) is 0.542. The molecular formula is C9H14O3. The van der Waals surface area contributed by atoms with E-state index >= 15 is 0 Å². The Morgan fingerprint density at radius 2 is 1.58 bits per heavy atom. The fraction of sp³-hybridized carbons (Fsp3) is 0.333. The standard InChI is InChI=1S/C6H8O2.C3H6O/c1-2-3-4-5-6(7)8;1-3(2)4/h2-5H,1H3,(H,7,8);1-2H3/b3-2+,5-4+;. The van der Waals surface area contributed by atoms with E-state index in [0.717, 1.165) is 6.08 Å². The lowest BCUT2D eigenvalue weighted by Gasteiger charge is -1.72. The summed E-state index contributed by atoms with van der Waals surface area (Å²) in [7, 11) is 0. The van der Waals surface area contributed by atoms with Gasteiger partial charge >= 0.3 is 5.97 Å². The zero-order chi connectivity index (χ0) is 9.98. The van der Waals surface area contributed by atoms with Crippen molar-refractivity contribution in [2.45, 2.75) is 20.8 Å². The van der Waals surface area contributed by atoms with Crippen LogP contribution in [-0.4, -0.2) is 16.9 Å². The van der Waals surface area contributed by atoms with Crippen LogP contribution in [0.25, 0.3) is 0 Å². The lowest BCUT2D eigenvalue weighted by molar-refractivity contribution is -0.131. The van der Waals surface area contributed by atoms with Crippen molar-refractivity contribution in [3.05, 3.63) is 24.3 Å². The maximum absolute atomic E-state index is 9.75. The van der Waals surface area contributed by atoms with Gasteiger partial charge in [-0.3, -0.25) is 0 Å². The summed E-state index contributed by atoms with van der Waals surface area (Å²) in [5, 5.41) is 8.02. The molecule has 1 N–H and O–H groups in total. The summed E-state index contributed by atoms with van der Waals surface area (Å²) in [5.74, 6) is -0.747. The van der Waals surface area contributed by atoms with Crippen molar-refractivity contribution < 1.29 is 14.7 Å². The van der Waals surface area contributed by atoms with Gasteiger partial charge < -0.3 is 9.90 Å². The second-order valence-electron chi connectivity index (χ2n) is 2.13. The van der Waals surface area contributed by atoms with Crippen molar-refractivity contribution in [2.75, 3.05) is 0 Å². The van der Waals surface area contributed by atoms with E-state index < -0.39 is 5.97 Å². The van der Waals surface area contributed by atoms with E-state index in [1.54, 1.807) is 12.2 Å². The van der Waals surface area contributed by atoms with Crippen LogP contribution in [0, 0.1) is 0 Å². The molecule has 0 radical (unpaired) electrons. The van der Waals surface area contributed by atoms with Crippen molar-refractivity contribution in [3.63, 3.8) is 0 Å². The summed E-state index contributed by atoms with van der Waals surface area (Å²) >= 11 is 0. The van der Waals surface area contributed by atoms with Crippen LogP contribution < -0.4 is 0 Å². The molecule has 0 rings (SSSR count). The average molecular weight is 170 g/mol. The highest BCUT2D eigenvalue weighted by Crippen LogP contribution is 1.74. The van der Waals surface area contributed by atoms with E-state index in [4.69, 9.17) is 5.11 Å². The SMILES string of the molecule is C/C=C/C=C/C(=O)O.CC(C)=O. The molecule has 0 saturated carbocycles. The number of hydrogen-bond donors (Lipinski definition) is 1. The second-order valence-corrected chi connectivity index (χ2v) is 2.13. The average Bonchev–Trinajstić information content (AvgIpc) is 1.86. The van der Waals surface area contributed by atoms with Crippen LogP contribution in [0.5, 0.6) is 0 Å². The van der Waals surface area contributed by atoms with Gasteiger partial charge in [-0.15, -0.1) is 0 Å². The van der Waals surface area contributed by atoms with Crippen molar-refractivity contribution in [1.82, 2.24) is 0 Å². The molecule has 12 heavy (non-hydrogen) atoms. The molecule has 0 aliphatic carbocycles. The van der Waals surface area contributed by atoms with Gasteiger partial charge in [-0.25, -0.2) is 4.79 Å². The maximum atomic E-state index is 9.75. The number of carbonyl (C=O) groups is 2. The first-order chi connectivity index (χ1) is 5.50. The normalized spacial score (nSPS) is 9.58. The van der Waals surface area contributed by atoms with E-state index in [0.29, 0.717) is 0 Å². The van der Waals surface area contributed by atoms with E-state index in [1.807, 2.05) is 6.92 Å². The Hall–Kier alpha value is -1.38. The molecule has 0 aromatic carbocycles. The van der Waals surface area contributed by atoms with Crippen molar-refractivity contribution in [1.29, 1.82) is 0 Å². The summed E-state index contributed by atoms with van der Waals surface area (Å²) < 4.78 is 0. The Kier molecular flexibility index (Phi) is 10.6. The van der Waals surface area contributed by atoms with Crippen molar-refractivity contribution >= 4 is 11.8 Å². The third-order valence-electron chi connectivity index (χ3n) is 0.542. The molecule has 0 saturated heterocycles. The fourth-order valence-electron chi connectivity index (χ4n) is 0.249. The monoisotopic (exact) mass is 170 g/mol. The van der Waals surface area contributed by atoms with E-state index in [-0.39, 0.29) is 5.78 Å². The number of rotatable bonds is 2. The largest absolute Gasteiger partial charge is 0.478 e. The Balaban J connectivity index is 0. The van der Waals surface area contributed by atoms with Crippen LogP contribution in [0.1, 0.15) is 20.8 Å². The summed E-state index contributed by atoms with van der Waals surface area (Å²) in [4.78, 5) is 19.2. The first-order valence-corrected chi connectivity index (χ1v) is 3.50. The lowest BCUT2D eigenvalue weighted by atomic mass is 10.4. The molecule has 0 fully saturated rings. The summed E-state index contributed by atoms with van der Waals surface area (Å²) in [5.41, 5.74) is 0. The number of carboxylic acid groups (broad SMARTS) is 1. The maximum Gasteiger partial charge on any atom is 0.328 e. The van der Waals surface area contributed by atoms with Gasteiger partial charge in [-0.1, -0.05) is 18.2 Å². The number of carboxylic acids is 1. The summed E-state index contributed by atoms with van der Waals surface area (Å²) in [6.07, 6.45) is 5.98. The van der Waals surface area contributed by atoms with Crippen LogP contribution in [0.2, 0.25) is 0 Å². The number of ketones is 1. The Labute approximate surface area is 72.4 Å².